The molecule has 0 aromatic carbocycles. The summed E-state index contributed by atoms with van der Waals surface area (Å²) in [5.41, 5.74) is 0. The molecule has 0 aromatic heterocycles. The summed E-state index contributed by atoms with van der Waals surface area (Å²) in [4.78, 5) is 35.1. The van der Waals surface area contributed by atoms with Crippen molar-refractivity contribution < 1.29 is 23.9 Å². The Morgan fingerprint density at radius 3 is 2.68 bits per heavy atom. The van der Waals surface area contributed by atoms with Crippen molar-refractivity contribution in [3.8, 4) is 0 Å². The smallest absolute Gasteiger partial charge is 0.330 e. The summed E-state index contributed by atoms with van der Waals surface area (Å²) in [5, 5.41) is 0. The van der Waals surface area contributed by atoms with Gasteiger partial charge in [-0.15, -0.1) is 0 Å². The van der Waals surface area contributed by atoms with Crippen LogP contribution in [0.3, 0.4) is 0 Å². The van der Waals surface area contributed by atoms with Crippen LogP contribution in [0.15, 0.2) is 24.5 Å². The number of allylic oxidation sites excluding steroid dienone is 1. The van der Waals surface area contributed by atoms with Gasteiger partial charge >= 0.3 is 5.97 Å². The van der Waals surface area contributed by atoms with E-state index in [4.69, 9.17) is 4.74 Å². The van der Waals surface area contributed by atoms with Crippen LogP contribution in [-0.2, 0) is 23.9 Å². The van der Waals surface area contributed by atoms with Crippen molar-refractivity contribution in [2.24, 2.45) is 5.92 Å². The van der Waals surface area contributed by atoms with Gasteiger partial charge in [-0.2, -0.15) is 0 Å². The van der Waals surface area contributed by atoms with E-state index in [-0.39, 0.29) is 43.1 Å². The number of esters is 1. The first kappa shape index (κ1) is 14.9. The van der Waals surface area contributed by atoms with Gasteiger partial charge in [-0.3, -0.25) is 14.5 Å². The molecule has 0 bridgehead atoms. The van der Waals surface area contributed by atoms with Crippen molar-refractivity contribution >= 4 is 17.8 Å². The second kappa shape index (κ2) is 6.72. The number of likely N-dealkylation sites (tertiary alicyclic amines) is 1. The van der Waals surface area contributed by atoms with Crippen LogP contribution < -0.4 is 0 Å². The van der Waals surface area contributed by atoms with Gasteiger partial charge in [0, 0.05) is 18.4 Å². The summed E-state index contributed by atoms with van der Waals surface area (Å²) in [5.74, 6) is -0.864. The maximum atomic E-state index is 11.6. The van der Waals surface area contributed by atoms with Crippen LogP contribution in [0, 0.1) is 5.92 Å². The normalized spacial score (nSPS) is 19.1. The lowest BCUT2D eigenvalue weighted by Crippen LogP contribution is -2.33. The monoisotopic (exact) mass is 267 g/mol. The number of ether oxygens (including phenoxy) is 2. The fraction of sp³-hybridized carbons (Fsp3) is 0.462. The first-order valence-corrected chi connectivity index (χ1v) is 5.87. The van der Waals surface area contributed by atoms with E-state index < -0.39 is 5.97 Å². The number of nitrogens with zero attached hydrogens (tertiary/aromatic N) is 1. The van der Waals surface area contributed by atoms with Crippen LogP contribution in [0.2, 0.25) is 0 Å². The predicted molar refractivity (Wildman–Crippen MR) is 66.7 cm³/mol. The largest absolute Gasteiger partial charge is 0.492 e. The fourth-order valence-electron chi connectivity index (χ4n) is 1.63. The van der Waals surface area contributed by atoms with Crippen LogP contribution in [0.4, 0.5) is 0 Å². The van der Waals surface area contributed by atoms with Gasteiger partial charge in [-0.1, -0.05) is 13.5 Å². The number of hydrogen-bond donors (Lipinski definition) is 0. The van der Waals surface area contributed by atoms with Crippen molar-refractivity contribution in [2.45, 2.75) is 13.3 Å². The topological polar surface area (TPSA) is 72.9 Å². The number of hydrogen-bond acceptors (Lipinski definition) is 5. The number of carbonyl (C=O) groups excluding carboxylic acids is 3. The molecular weight excluding hydrogens is 250 g/mol. The summed E-state index contributed by atoms with van der Waals surface area (Å²) < 4.78 is 9.60. The maximum absolute atomic E-state index is 11.6. The van der Waals surface area contributed by atoms with Gasteiger partial charge in [0.15, 0.2) is 0 Å². The molecule has 0 saturated carbocycles. The Morgan fingerprint density at radius 2 is 2.16 bits per heavy atom. The fourth-order valence-corrected chi connectivity index (χ4v) is 1.63. The molecule has 1 heterocycles. The minimum absolute atomic E-state index is 0.147. The third-order valence-corrected chi connectivity index (χ3v) is 2.68. The van der Waals surface area contributed by atoms with Gasteiger partial charge < -0.3 is 9.47 Å². The van der Waals surface area contributed by atoms with Gasteiger partial charge in [0.05, 0.1) is 13.7 Å². The van der Waals surface area contributed by atoms with E-state index in [1.807, 2.05) is 0 Å². The van der Waals surface area contributed by atoms with E-state index in [1.165, 1.54) is 24.2 Å². The van der Waals surface area contributed by atoms with Crippen LogP contribution in [0.25, 0.3) is 0 Å². The van der Waals surface area contributed by atoms with Crippen molar-refractivity contribution in [1.29, 1.82) is 0 Å². The maximum Gasteiger partial charge on any atom is 0.330 e. The van der Waals surface area contributed by atoms with Crippen LogP contribution in [-0.4, -0.2) is 42.9 Å². The minimum Gasteiger partial charge on any atom is -0.492 e. The molecule has 6 nitrogen and oxygen atoms in total. The Bertz CT molecular complexity index is 427. The summed E-state index contributed by atoms with van der Waals surface area (Å²) in [6.45, 7) is 5.63. The molecule has 1 aliphatic heterocycles. The summed E-state index contributed by atoms with van der Waals surface area (Å²) in [6.07, 6.45) is 2.79. The van der Waals surface area contributed by atoms with E-state index in [0.29, 0.717) is 0 Å². The molecule has 1 atom stereocenters. The minimum atomic E-state index is -0.511. The predicted octanol–water partition coefficient (Wildman–Crippen LogP) is 0.641. The molecule has 0 spiro atoms. The highest BCUT2D eigenvalue weighted by Gasteiger charge is 2.35. The lowest BCUT2D eigenvalue weighted by atomic mass is 10.1. The molecule has 104 valence electrons. The number of imide groups is 1. The standard InChI is InChI=1S/C13H17NO5/c1-9-8-11(15)14(13(9)17)6-7-19-10(2)4-5-12(16)18-3/h4-5,9H,2,6-8H2,1,3H3/b5-4+. The van der Waals surface area contributed by atoms with E-state index >= 15 is 0 Å². The van der Waals surface area contributed by atoms with E-state index in [9.17, 15) is 14.4 Å². The summed E-state index contributed by atoms with van der Waals surface area (Å²) in [6, 6.07) is 0. The van der Waals surface area contributed by atoms with Crippen LogP contribution in [0.5, 0.6) is 0 Å². The molecule has 1 aliphatic rings. The number of rotatable bonds is 6. The van der Waals surface area contributed by atoms with E-state index in [1.54, 1.807) is 6.92 Å². The Hall–Kier alpha value is -2.11. The Morgan fingerprint density at radius 1 is 1.47 bits per heavy atom. The molecule has 1 saturated heterocycles. The van der Waals surface area contributed by atoms with Gasteiger partial charge in [-0.25, -0.2) is 4.79 Å². The Balaban J connectivity index is 2.33. The highest BCUT2D eigenvalue weighted by Crippen LogP contribution is 2.18. The van der Waals surface area contributed by atoms with Gasteiger partial charge in [-0.05, 0) is 6.08 Å². The van der Waals surface area contributed by atoms with Crippen molar-refractivity contribution in [2.75, 3.05) is 20.3 Å². The molecule has 6 heteroatoms. The third-order valence-electron chi connectivity index (χ3n) is 2.68. The van der Waals surface area contributed by atoms with Crippen LogP contribution >= 0.6 is 0 Å². The lowest BCUT2D eigenvalue weighted by molar-refractivity contribution is -0.140. The second-order valence-electron chi connectivity index (χ2n) is 4.16. The Kier molecular flexibility index (Phi) is 5.29. The molecule has 0 aliphatic carbocycles. The molecule has 0 N–H and O–H groups in total. The SMILES string of the molecule is C=C(/C=C/C(=O)OC)OCCN1C(=O)CC(C)C1=O. The second-order valence-corrected chi connectivity index (χ2v) is 4.16. The molecule has 0 aromatic rings. The highest BCUT2D eigenvalue weighted by atomic mass is 16.5. The molecule has 0 radical (unpaired) electrons. The third kappa shape index (κ3) is 4.24. The lowest BCUT2D eigenvalue weighted by Gasteiger charge is -2.14. The van der Waals surface area contributed by atoms with E-state index in [0.717, 1.165) is 0 Å². The van der Waals surface area contributed by atoms with Crippen molar-refractivity contribution in [1.82, 2.24) is 4.90 Å². The summed E-state index contributed by atoms with van der Waals surface area (Å²) in [7, 11) is 1.27. The quantitative estimate of drug-likeness (QED) is 0.232. The molecule has 1 fully saturated rings. The van der Waals surface area contributed by atoms with Gasteiger partial charge in [0.25, 0.3) is 0 Å². The first-order chi connectivity index (χ1) is 8.95. The van der Waals surface area contributed by atoms with Crippen molar-refractivity contribution in [3.63, 3.8) is 0 Å². The number of carbonyl (C=O) groups is 3. The molecule has 2 amide bonds. The highest BCUT2D eigenvalue weighted by molar-refractivity contribution is 6.03. The number of methoxy groups -OCH3 is 1. The average Bonchev–Trinajstić information content (AvgIpc) is 2.62. The zero-order valence-corrected chi connectivity index (χ0v) is 11.0. The molecule has 1 rings (SSSR count). The van der Waals surface area contributed by atoms with Gasteiger partial charge in [0.2, 0.25) is 11.8 Å². The van der Waals surface area contributed by atoms with E-state index in [2.05, 4.69) is 11.3 Å². The zero-order chi connectivity index (χ0) is 14.4. The molecule has 1 unspecified atom stereocenters. The number of amides is 2. The average molecular weight is 267 g/mol. The first-order valence-electron chi connectivity index (χ1n) is 5.87. The van der Waals surface area contributed by atoms with Crippen LogP contribution in [0.1, 0.15) is 13.3 Å². The van der Waals surface area contributed by atoms with Gasteiger partial charge in [0.1, 0.15) is 12.4 Å². The zero-order valence-electron chi connectivity index (χ0n) is 11.0. The Labute approximate surface area is 111 Å². The summed E-state index contributed by atoms with van der Waals surface area (Å²) >= 11 is 0. The molecular formula is C13H17NO5. The molecule has 19 heavy (non-hydrogen) atoms. The van der Waals surface area contributed by atoms with Crippen molar-refractivity contribution in [3.05, 3.63) is 24.5 Å².